The van der Waals surface area contributed by atoms with Gasteiger partial charge in [-0.15, -0.1) is 0 Å². The van der Waals surface area contributed by atoms with Gasteiger partial charge in [-0.1, -0.05) is 12.1 Å². The van der Waals surface area contributed by atoms with E-state index in [9.17, 15) is 0 Å². The summed E-state index contributed by atoms with van der Waals surface area (Å²) in [6.45, 7) is 0.888. The van der Waals surface area contributed by atoms with Crippen LogP contribution in [0.2, 0.25) is 0 Å². The van der Waals surface area contributed by atoms with Crippen molar-refractivity contribution in [2.45, 2.75) is 6.54 Å². The van der Waals surface area contributed by atoms with Gasteiger partial charge in [0.05, 0.1) is 4.47 Å². The monoisotopic (exact) mass is 321 g/mol. The predicted molar refractivity (Wildman–Crippen MR) is 81.3 cm³/mol. The van der Waals surface area contributed by atoms with Crippen molar-refractivity contribution in [3.8, 4) is 0 Å². The Morgan fingerprint density at radius 3 is 2.84 bits per heavy atom. The van der Waals surface area contributed by atoms with E-state index in [-0.39, 0.29) is 0 Å². The quantitative estimate of drug-likeness (QED) is 0.906. The van der Waals surface area contributed by atoms with E-state index < -0.39 is 0 Å². The number of halogens is 1. The van der Waals surface area contributed by atoms with E-state index in [1.807, 2.05) is 26.2 Å². The minimum atomic E-state index is 0.418. The number of nitrogen functional groups attached to an aromatic ring is 1. The summed E-state index contributed by atoms with van der Waals surface area (Å²) in [5.74, 6) is 0.907. The van der Waals surface area contributed by atoms with Crippen molar-refractivity contribution < 1.29 is 0 Å². The largest absolute Gasteiger partial charge is 0.383 e. The maximum absolute atomic E-state index is 5.73. The molecule has 0 spiro atoms. The third-order valence-corrected chi connectivity index (χ3v) is 3.06. The first-order chi connectivity index (χ1) is 9.04. The highest BCUT2D eigenvalue weighted by molar-refractivity contribution is 9.10. The molecular weight excluding hydrogens is 306 g/mol. The second kappa shape index (κ2) is 5.99. The van der Waals surface area contributed by atoms with Gasteiger partial charge in [0.15, 0.2) is 0 Å². The lowest BCUT2D eigenvalue weighted by molar-refractivity contribution is 0.402. The molecule has 0 radical (unpaired) electrons. The number of aromatic nitrogens is 2. The molecule has 0 aliphatic carbocycles. The fourth-order valence-corrected chi connectivity index (χ4v) is 1.87. The van der Waals surface area contributed by atoms with E-state index in [2.05, 4.69) is 48.2 Å². The van der Waals surface area contributed by atoms with Gasteiger partial charge < -0.3 is 16.0 Å². The van der Waals surface area contributed by atoms with E-state index in [0.717, 1.165) is 12.2 Å². The van der Waals surface area contributed by atoms with Crippen LogP contribution in [0.15, 0.2) is 34.9 Å². The molecule has 0 fully saturated rings. The first-order valence-electron chi connectivity index (χ1n) is 5.83. The third-order valence-electron chi connectivity index (χ3n) is 2.45. The highest BCUT2D eigenvalue weighted by Gasteiger charge is 2.03. The molecule has 0 unspecified atom stereocenters. The molecule has 1 aromatic carbocycles. The lowest BCUT2D eigenvalue weighted by Crippen LogP contribution is -2.10. The van der Waals surface area contributed by atoms with Crippen LogP contribution in [0, 0.1) is 0 Å². The van der Waals surface area contributed by atoms with Crippen molar-refractivity contribution in [3.05, 3.63) is 40.5 Å². The van der Waals surface area contributed by atoms with E-state index in [1.54, 1.807) is 6.20 Å². The van der Waals surface area contributed by atoms with E-state index in [1.165, 1.54) is 5.56 Å². The molecule has 0 aliphatic rings. The predicted octanol–water partition coefficient (Wildman–Crippen LogP) is 2.63. The van der Waals surface area contributed by atoms with Crippen molar-refractivity contribution in [1.29, 1.82) is 0 Å². The van der Waals surface area contributed by atoms with Crippen LogP contribution in [0.5, 0.6) is 0 Å². The summed E-state index contributed by atoms with van der Waals surface area (Å²) >= 11 is 3.27. The molecule has 19 heavy (non-hydrogen) atoms. The smallest absolute Gasteiger partial charge is 0.229 e. The number of rotatable bonds is 4. The summed E-state index contributed by atoms with van der Waals surface area (Å²) in [6, 6.07) is 8.13. The van der Waals surface area contributed by atoms with Crippen molar-refractivity contribution in [3.63, 3.8) is 0 Å². The second-order valence-corrected chi connectivity index (χ2v) is 5.34. The highest BCUT2D eigenvalue weighted by Crippen LogP contribution is 2.20. The van der Waals surface area contributed by atoms with Gasteiger partial charge in [0.1, 0.15) is 5.82 Å². The zero-order valence-corrected chi connectivity index (χ0v) is 12.5. The molecule has 1 heterocycles. The summed E-state index contributed by atoms with van der Waals surface area (Å²) < 4.78 is 0.694. The van der Waals surface area contributed by atoms with Crippen molar-refractivity contribution in [2.24, 2.45) is 0 Å². The Hall–Kier alpha value is -1.66. The summed E-state index contributed by atoms with van der Waals surface area (Å²) in [5.41, 5.74) is 7.89. The fraction of sp³-hybridized carbons (Fsp3) is 0.231. The maximum atomic E-state index is 5.73. The van der Waals surface area contributed by atoms with Gasteiger partial charge >= 0.3 is 0 Å². The first-order valence-corrected chi connectivity index (χ1v) is 6.62. The summed E-state index contributed by atoms with van der Waals surface area (Å²) in [5, 5.41) is 3.14. The molecule has 0 saturated heterocycles. The zero-order chi connectivity index (χ0) is 13.8. The Kier molecular flexibility index (Phi) is 4.34. The second-order valence-electron chi connectivity index (χ2n) is 4.49. The Morgan fingerprint density at radius 2 is 2.16 bits per heavy atom. The van der Waals surface area contributed by atoms with Gasteiger partial charge in [0.2, 0.25) is 5.95 Å². The molecule has 0 atom stereocenters. The number of nitrogens with one attached hydrogen (secondary N) is 1. The van der Waals surface area contributed by atoms with Crippen LogP contribution in [-0.4, -0.2) is 29.0 Å². The molecule has 0 bridgehead atoms. The molecule has 0 amide bonds. The summed E-state index contributed by atoms with van der Waals surface area (Å²) in [6.07, 6.45) is 1.63. The standard InChI is InChI=1S/C13H16BrN5/c1-19(2)8-9-4-3-5-10(6-9)17-13-16-7-11(14)12(15)18-13/h3-7H,8H2,1-2H3,(H3,15,16,17,18). The number of anilines is 3. The Balaban J connectivity index is 2.16. The molecule has 100 valence electrons. The topological polar surface area (TPSA) is 67.1 Å². The summed E-state index contributed by atoms with van der Waals surface area (Å²) in [7, 11) is 4.08. The normalized spacial score (nSPS) is 10.7. The molecular formula is C13H16BrN5. The van der Waals surface area contributed by atoms with Gasteiger partial charge in [0.25, 0.3) is 0 Å². The van der Waals surface area contributed by atoms with Crippen LogP contribution in [0.4, 0.5) is 17.5 Å². The zero-order valence-electron chi connectivity index (χ0n) is 10.9. The number of hydrogen-bond acceptors (Lipinski definition) is 5. The number of nitrogens with two attached hydrogens (primary N) is 1. The average Bonchev–Trinajstić information content (AvgIpc) is 2.33. The molecule has 5 nitrogen and oxygen atoms in total. The van der Waals surface area contributed by atoms with E-state index >= 15 is 0 Å². The van der Waals surface area contributed by atoms with Crippen LogP contribution >= 0.6 is 15.9 Å². The van der Waals surface area contributed by atoms with Crippen LogP contribution in [0.1, 0.15) is 5.56 Å². The molecule has 1 aromatic heterocycles. The Bertz CT molecular complexity index is 571. The number of nitrogens with zero attached hydrogens (tertiary/aromatic N) is 3. The van der Waals surface area contributed by atoms with Crippen LogP contribution in [-0.2, 0) is 6.54 Å². The van der Waals surface area contributed by atoms with Crippen molar-refractivity contribution in [2.75, 3.05) is 25.1 Å². The lowest BCUT2D eigenvalue weighted by atomic mass is 10.2. The number of benzene rings is 1. The van der Waals surface area contributed by atoms with Crippen LogP contribution in [0.3, 0.4) is 0 Å². The van der Waals surface area contributed by atoms with Crippen molar-refractivity contribution >= 4 is 33.4 Å². The van der Waals surface area contributed by atoms with Gasteiger partial charge in [0, 0.05) is 18.4 Å². The molecule has 2 aromatic rings. The number of hydrogen-bond donors (Lipinski definition) is 2. The molecule has 2 rings (SSSR count). The maximum Gasteiger partial charge on any atom is 0.229 e. The molecule has 3 N–H and O–H groups in total. The Labute approximate surface area is 121 Å². The van der Waals surface area contributed by atoms with Crippen LogP contribution in [0.25, 0.3) is 0 Å². The lowest BCUT2D eigenvalue weighted by Gasteiger charge is -2.11. The minimum absolute atomic E-state index is 0.418. The van der Waals surface area contributed by atoms with Gasteiger partial charge in [-0.3, -0.25) is 0 Å². The van der Waals surface area contributed by atoms with Crippen molar-refractivity contribution in [1.82, 2.24) is 14.9 Å². The fourth-order valence-electron chi connectivity index (χ4n) is 1.68. The first kappa shape index (κ1) is 13.8. The molecule has 0 saturated carbocycles. The Morgan fingerprint density at radius 1 is 1.37 bits per heavy atom. The van der Waals surface area contributed by atoms with Gasteiger partial charge in [-0.05, 0) is 47.7 Å². The van der Waals surface area contributed by atoms with Gasteiger partial charge in [-0.2, -0.15) is 4.98 Å². The molecule has 0 aliphatic heterocycles. The van der Waals surface area contributed by atoms with E-state index in [4.69, 9.17) is 5.73 Å². The van der Waals surface area contributed by atoms with Gasteiger partial charge in [-0.25, -0.2) is 4.98 Å². The highest BCUT2D eigenvalue weighted by atomic mass is 79.9. The minimum Gasteiger partial charge on any atom is -0.383 e. The van der Waals surface area contributed by atoms with Crippen LogP contribution < -0.4 is 11.1 Å². The third kappa shape index (κ3) is 3.90. The SMILES string of the molecule is CN(C)Cc1cccc(Nc2ncc(Br)c(N)n2)c1. The summed E-state index contributed by atoms with van der Waals surface area (Å²) in [4.78, 5) is 10.4. The molecule has 6 heteroatoms. The average molecular weight is 322 g/mol. The van der Waals surface area contributed by atoms with E-state index in [0.29, 0.717) is 16.2 Å².